The lowest BCUT2D eigenvalue weighted by atomic mass is 9.99. The van der Waals surface area contributed by atoms with Gasteiger partial charge in [-0.1, -0.05) is 36.4 Å². The molecule has 168 valence electrons. The SMILES string of the molecule is COCCCC(=O)N1Cc2ccc(-c3ccc(CCN4CCCC4C)cc3)cc2C1.Cl. The number of methoxy groups -OCH3 is 1. The van der Waals surface area contributed by atoms with E-state index in [-0.39, 0.29) is 18.3 Å². The van der Waals surface area contributed by atoms with Gasteiger partial charge in [0.15, 0.2) is 0 Å². The van der Waals surface area contributed by atoms with Crippen LogP contribution in [0.2, 0.25) is 0 Å². The molecule has 0 aliphatic carbocycles. The zero-order valence-corrected chi connectivity index (χ0v) is 19.6. The summed E-state index contributed by atoms with van der Waals surface area (Å²) in [6.07, 6.45) is 5.15. The number of carbonyl (C=O) groups excluding carboxylic acids is 1. The van der Waals surface area contributed by atoms with Crippen molar-refractivity contribution in [3.63, 3.8) is 0 Å². The lowest BCUT2D eigenvalue weighted by Crippen LogP contribution is -2.28. The van der Waals surface area contributed by atoms with Crippen LogP contribution >= 0.6 is 12.4 Å². The molecular formula is C26H35ClN2O2. The van der Waals surface area contributed by atoms with Crippen molar-refractivity contribution in [1.82, 2.24) is 9.80 Å². The Bertz CT molecular complexity index is 868. The summed E-state index contributed by atoms with van der Waals surface area (Å²) in [5, 5.41) is 0. The van der Waals surface area contributed by atoms with Gasteiger partial charge < -0.3 is 14.5 Å². The van der Waals surface area contributed by atoms with Crippen LogP contribution < -0.4 is 0 Å². The van der Waals surface area contributed by atoms with Gasteiger partial charge in [0.1, 0.15) is 0 Å². The first kappa shape index (κ1) is 23.8. The van der Waals surface area contributed by atoms with E-state index in [1.165, 1.54) is 47.2 Å². The lowest BCUT2D eigenvalue weighted by molar-refractivity contribution is -0.132. The second kappa shape index (κ2) is 11.1. The summed E-state index contributed by atoms with van der Waals surface area (Å²) in [7, 11) is 1.68. The Morgan fingerprint density at radius 2 is 1.81 bits per heavy atom. The first-order valence-electron chi connectivity index (χ1n) is 11.4. The van der Waals surface area contributed by atoms with Gasteiger partial charge in [0.25, 0.3) is 0 Å². The molecule has 2 aliphatic rings. The van der Waals surface area contributed by atoms with Gasteiger partial charge in [0, 0.05) is 45.8 Å². The van der Waals surface area contributed by atoms with Crippen LogP contribution in [0.5, 0.6) is 0 Å². The summed E-state index contributed by atoms with van der Waals surface area (Å²) < 4.78 is 5.06. The molecule has 0 saturated carbocycles. The van der Waals surface area contributed by atoms with Crippen LogP contribution in [-0.2, 0) is 29.0 Å². The number of nitrogens with zero attached hydrogens (tertiary/aromatic N) is 2. The van der Waals surface area contributed by atoms with Crippen molar-refractivity contribution in [3.8, 4) is 11.1 Å². The minimum atomic E-state index is 0. The summed E-state index contributed by atoms with van der Waals surface area (Å²) in [6, 6.07) is 16.4. The van der Waals surface area contributed by atoms with Gasteiger partial charge in [0.2, 0.25) is 5.91 Å². The van der Waals surface area contributed by atoms with E-state index < -0.39 is 0 Å². The van der Waals surface area contributed by atoms with E-state index in [9.17, 15) is 4.79 Å². The van der Waals surface area contributed by atoms with Gasteiger partial charge in [-0.15, -0.1) is 12.4 Å². The molecule has 1 saturated heterocycles. The summed E-state index contributed by atoms with van der Waals surface area (Å²) in [5.74, 6) is 0.224. The Labute approximate surface area is 193 Å². The molecule has 4 nitrogen and oxygen atoms in total. The molecule has 2 aromatic rings. The van der Waals surface area contributed by atoms with Crippen LogP contribution in [0.15, 0.2) is 42.5 Å². The number of ether oxygens (including phenoxy) is 1. The number of hydrogen-bond donors (Lipinski definition) is 0. The fraction of sp³-hybridized carbons (Fsp3) is 0.500. The highest BCUT2D eigenvalue weighted by Gasteiger charge is 2.23. The number of amides is 1. The summed E-state index contributed by atoms with van der Waals surface area (Å²) >= 11 is 0. The Morgan fingerprint density at radius 1 is 1.06 bits per heavy atom. The molecule has 1 amide bonds. The fourth-order valence-corrected chi connectivity index (χ4v) is 4.74. The molecule has 0 spiro atoms. The molecule has 2 aliphatic heterocycles. The Hall–Kier alpha value is -1.88. The number of hydrogen-bond acceptors (Lipinski definition) is 3. The maximum absolute atomic E-state index is 12.4. The first-order chi connectivity index (χ1) is 14.6. The van der Waals surface area contributed by atoms with E-state index in [0.717, 1.165) is 38.5 Å². The predicted molar refractivity (Wildman–Crippen MR) is 128 cm³/mol. The van der Waals surface area contributed by atoms with Crippen molar-refractivity contribution in [1.29, 1.82) is 0 Å². The molecule has 1 atom stereocenters. The van der Waals surface area contributed by atoms with Crippen LogP contribution in [0.4, 0.5) is 0 Å². The molecule has 1 unspecified atom stereocenters. The van der Waals surface area contributed by atoms with E-state index in [1.807, 2.05) is 4.90 Å². The van der Waals surface area contributed by atoms with Crippen molar-refractivity contribution in [2.24, 2.45) is 0 Å². The molecule has 5 heteroatoms. The number of rotatable bonds is 8. The van der Waals surface area contributed by atoms with E-state index in [0.29, 0.717) is 13.0 Å². The Morgan fingerprint density at radius 3 is 2.52 bits per heavy atom. The fourth-order valence-electron chi connectivity index (χ4n) is 4.74. The predicted octanol–water partition coefficient (Wildman–Crippen LogP) is 5.07. The zero-order chi connectivity index (χ0) is 20.9. The van der Waals surface area contributed by atoms with Crippen LogP contribution in [-0.4, -0.2) is 48.6 Å². The molecule has 1 fully saturated rings. The molecule has 0 N–H and O–H groups in total. The highest BCUT2D eigenvalue weighted by molar-refractivity contribution is 5.85. The third-order valence-electron chi connectivity index (χ3n) is 6.69. The Balaban J connectivity index is 0.00000272. The number of likely N-dealkylation sites (tertiary alicyclic amines) is 1. The number of benzene rings is 2. The molecule has 4 rings (SSSR count). The highest BCUT2D eigenvalue weighted by atomic mass is 35.5. The van der Waals surface area contributed by atoms with Crippen LogP contribution in [0, 0.1) is 0 Å². The van der Waals surface area contributed by atoms with Crippen LogP contribution in [0.25, 0.3) is 11.1 Å². The summed E-state index contributed by atoms with van der Waals surface area (Å²) in [5.41, 5.74) is 6.45. The average Bonchev–Trinajstić information content (AvgIpc) is 3.38. The number of halogens is 1. The normalized spacial score (nSPS) is 18.1. The van der Waals surface area contributed by atoms with Gasteiger partial charge in [-0.25, -0.2) is 0 Å². The molecular weight excluding hydrogens is 408 g/mol. The van der Waals surface area contributed by atoms with Crippen molar-refractivity contribution < 1.29 is 9.53 Å². The maximum atomic E-state index is 12.4. The third-order valence-corrected chi connectivity index (χ3v) is 6.69. The highest BCUT2D eigenvalue weighted by Crippen LogP contribution is 2.29. The standard InChI is InChI=1S/C26H34N2O2.ClH/c1-20-5-3-14-27(20)15-13-21-7-9-22(10-8-21)23-11-12-24-18-28(19-25(24)17-23)26(29)6-4-16-30-2;/h7-12,17,20H,3-6,13-16,18-19H2,1-2H3;1H. The van der Waals surface area contributed by atoms with E-state index in [4.69, 9.17) is 4.74 Å². The zero-order valence-electron chi connectivity index (χ0n) is 18.8. The van der Waals surface area contributed by atoms with E-state index in [1.54, 1.807) is 7.11 Å². The molecule has 0 bridgehead atoms. The number of fused-ring (bicyclic) bond motifs is 1. The largest absolute Gasteiger partial charge is 0.385 e. The van der Waals surface area contributed by atoms with Crippen molar-refractivity contribution in [2.45, 2.75) is 58.2 Å². The summed E-state index contributed by atoms with van der Waals surface area (Å²) in [6.45, 7) is 6.85. The number of carbonyl (C=O) groups is 1. The topological polar surface area (TPSA) is 32.8 Å². The van der Waals surface area contributed by atoms with Crippen molar-refractivity contribution in [2.75, 3.05) is 26.8 Å². The van der Waals surface area contributed by atoms with Crippen LogP contribution in [0.3, 0.4) is 0 Å². The van der Waals surface area contributed by atoms with Gasteiger partial charge >= 0.3 is 0 Å². The van der Waals surface area contributed by atoms with Gasteiger partial charge in [0.05, 0.1) is 0 Å². The second-order valence-corrected chi connectivity index (χ2v) is 8.80. The monoisotopic (exact) mass is 442 g/mol. The molecule has 0 aromatic heterocycles. The minimum Gasteiger partial charge on any atom is -0.385 e. The van der Waals surface area contributed by atoms with Crippen molar-refractivity contribution >= 4 is 18.3 Å². The third kappa shape index (κ3) is 5.88. The van der Waals surface area contributed by atoms with Crippen LogP contribution in [0.1, 0.15) is 49.3 Å². The van der Waals surface area contributed by atoms with Crippen molar-refractivity contribution in [3.05, 3.63) is 59.2 Å². The van der Waals surface area contributed by atoms with Gasteiger partial charge in [-0.05, 0) is 73.0 Å². The quantitative estimate of drug-likeness (QED) is 0.535. The van der Waals surface area contributed by atoms with Gasteiger partial charge in [-0.2, -0.15) is 0 Å². The molecule has 0 radical (unpaired) electrons. The maximum Gasteiger partial charge on any atom is 0.223 e. The summed E-state index contributed by atoms with van der Waals surface area (Å²) in [4.78, 5) is 17.0. The molecule has 2 aromatic carbocycles. The second-order valence-electron chi connectivity index (χ2n) is 8.80. The molecule has 31 heavy (non-hydrogen) atoms. The minimum absolute atomic E-state index is 0. The first-order valence-corrected chi connectivity index (χ1v) is 11.4. The lowest BCUT2D eigenvalue weighted by Gasteiger charge is -2.20. The molecule has 2 heterocycles. The smallest absolute Gasteiger partial charge is 0.223 e. The van der Waals surface area contributed by atoms with Gasteiger partial charge in [-0.3, -0.25) is 4.79 Å². The Kier molecular flexibility index (Phi) is 8.53. The average molecular weight is 443 g/mol. The van der Waals surface area contributed by atoms with E-state index in [2.05, 4.69) is 54.3 Å². The van der Waals surface area contributed by atoms with E-state index >= 15 is 0 Å².